The van der Waals surface area contributed by atoms with Crippen molar-refractivity contribution in [1.82, 2.24) is 14.8 Å². The molecule has 0 amide bonds. The van der Waals surface area contributed by atoms with Gasteiger partial charge in [0.15, 0.2) is 11.0 Å². The molecule has 4 rings (SSSR count). The third kappa shape index (κ3) is 3.18. The van der Waals surface area contributed by atoms with Crippen LogP contribution in [-0.2, 0) is 12.3 Å². The van der Waals surface area contributed by atoms with E-state index in [-0.39, 0.29) is 5.82 Å². The van der Waals surface area contributed by atoms with E-state index in [9.17, 15) is 4.39 Å². The lowest BCUT2D eigenvalue weighted by atomic mass is 10.1. The zero-order valence-electron chi connectivity index (χ0n) is 13.9. The zero-order valence-corrected chi connectivity index (χ0v) is 15.6. The number of thioether (sulfide) groups is 1. The van der Waals surface area contributed by atoms with Crippen molar-refractivity contribution in [2.24, 2.45) is 0 Å². The molecule has 2 heterocycles. The third-order valence-corrected chi connectivity index (χ3v) is 6.04. The van der Waals surface area contributed by atoms with Gasteiger partial charge in [-0.05, 0) is 17.7 Å². The number of hydrogen-bond donors (Lipinski definition) is 0. The summed E-state index contributed by atoms with van der Waals surface area (Å²) in [7, 11) is 0. The third-order valence-electron chi connectivity index (χ3n) is 4.07. The van der Waals surface area contributed by atoms with Crippen LogP contribution in [0.3, 0.4) is 0 Å². The Bertz CT molecular complexity index is 1070. The molecule has 0 bridgehead atoms. The fourth-order valence-corrected chi connectivity index (χ4v) is 4.67. The van der Waals surface area contributed by atoms with Gasteiger partial charge in [-0.15, -0.1) is 28.1 Å². The number of aromatic nitrogens is 3. The first kappa shape index (κ1) is 17.0. The number of rotatable bonds is 6. The molecule has 0 saturated heterocycles. The topological polar surface area (TPSA) is 30.7 Å². The average Bonchev–Trinajstić information content (AvgIpc) is 3.25. The summed E-state index contributed by atoms with van der Waals surface area (Å²) in [6.45, 7) is 4.45. The molecule has 0 N–H and O–H groups in total. The van der Waals surface area contributed by atoms with E-state index in [0.29, 0.717) is 17.9 Å². The van der Waals surface area contributed by atoms with Crippen molar-refractivity contribution in [1.29, 1.82) is 0 Å². The van der Waals surface area contributed by atoms with Gasteiger partial charge in [-0.25, -0.2) is 4.39 Å². The molecular weight excluding hydrogens is 365 g/mol. The quantitative estimate of drug-likeness (QED) is 0.313. The first-order valence-corrected chi connectivity index (χ1v) is 10.0. The Labute approximate surface area is 159 Å². The zero-order chi connectivity index (χ0) is 17.9. The van der Waals surface area contributed by atoms with Crippen molar-refractivity contribution in [3.63, 3.8) is 0 Å². The summed E-state index contributed by atoms with van der Waals surface area (Å²) in [5.41, 5.74) is 1.73. The molecule has 0 unspecified atom stereocenters. The maximum Gasteiger partial charge on any atom is 0.192 e. The summed E-state index contributed by atoms with van der Waals surface area (Å²) in [5, 5.41) is 12.8. The number of allylic oxidation sites excluding steroid dienone is 1. The van der Waals surface area contributed by atoms with Crippen LogP contribution in [0, 0.1) is 5.82 Å². The molecule has 2 aromatic heterocycles. The maximum atomic E-state index is 13.9. The van der Waals surface area contributed by atoms with Gasteiger partial charge in [0.25, 0.3) is 0 Å². The molecule has 130 valence electrons. The molecule has 0 saturated carbocycles. The Morgan fingerprint density at radius 2 is 1.92 bits per heavy atom. The van der Waals surface area contributed by atoms with Crippen LogP contribution in [0.2, 0.25) is 0 Å². The SMILES string of the molecule is C=CCn1c(SCc2ccccc2F)nnc1-c1csc2ccccc12. The summed E-state index contributed by atoms with van der Waals surface area (Å²) < 4.78 is 17.1. The van der Waals surface area contributed by atoms with Gasteiger partial charge in [-0.1, -0.05) is 54.2 Å². The number of hydrogen-bond acceptors (Lipinski definition) is 4. The summed E-state index contributed by atoms with van der Waals surface area (Å²) in [4.78, 5) is 0. The minimum atomic E-state index is -0.196. The van der Waals surface area contributed by atoms with Crippen molar-refractivity contribution in [3.8, 4) is 11.4 Å². The second-order valence-corrected chi connectivity index (χ2v) is 7.58. The predicted octanol–water partition coefficient (Wildman–Crippen LogP) is 5.78. The van der Waals surface area contributed by atoms with Crippen LogP contribution in [-0.4, -0.2) is 14.8 Å². The molecule has 0 fully saturated rings. The summed E-state index contributed by atoms with van der Waals surface area (Å²) in [5.74, 6) is 1.13. The van der Waals surface area contributed by atoms with E-state index >= 15 is 0 Å². The second-order valence-electron chi connectivity index (χ2n) is 5.73. The van der Waals surface area contributed by atoms with Crippen molar-refractivity contribution >= 4 is 33.2 Å². The average molecular weight is 382 g/mol. The monoisotopic (exact) mass is 381 g/mol. The molecule has 0 radical (unpaired) electrons. The van der Waals surface area contributed by atoms with E-state index in [1.54, 1.807) is 23.5 Å². The van der Waals surface area contributed by atoms with Crippen LogP contribution < -0.4 is 0 Å². The van der Waals surface area contributed by atoms with E-state index in [0.717, 1.165) is 16.5 Å². The van der Waals surface area contributed by atoms with Gasteiger partial charge < -0.3 is 0 Å². The highest BCUT2D eigenvalue weighted by Crippen LogP contribution is 2.35. The number of fused-ring (bicyclic) bond motifs is 1. The molecule has 3 nitrogen and oxygen atoms in total. The van der Waals surface area contributed by atoms with Gasteiger partial charge >= 0.3 is 0 Å². The molecule has 0 aliphatic carbocycles. The summed E-state index contributed by atoms with van der Waals surface area (Å²) >= 11 is 3.18. The Hall–Kier alpha value is -2.44. The van der Waals surface area contributed by atoms with Crippen LogP contribution in [0.25, 0.3) is 21.5 Å². The van der Waals surface area contributed by atoms with Crippen LogP contribution in [0.5, 0.6) is 0 Å². The van der Waals surface area contributed by atoms with E-state index < -0.39 is 0 Å². The van der Waals surface area contributed by atoms with Crippen molar-refractivity contribution < 1.29 is 4.39 Å². The molecule has 0 spiro atoms. The lowest BCUT2D eigenvalue weighted by Crippen LogP contribution is -2.00. The van der Waals surface area contributed by atoms with Crippen LogP contribution >= 0.6 is 23.1 Å². The molecule has 2 aromatic carbocycles. The standard InChI is InChI=1S/C20H16FN3S2/c1-2-11-24-19(16-13-25-18-10-6-4-8-15(16)18)22-23-20(24)26-12-14-7-3-5-9-17(14)21/h2-10,13H,1,11-12H2. The minimum absolute atomic E-state index is 0.196. The Morgan fingerprint density at radius 3 is 2.77 bits per heavy atom. The van der Waals surface area contributed by atoms with Crippen LogP contribution in [0.4, 0.5) is 4.39 Å². The Morgan fingerprint density at radius 1 is 1.12 bits per heavy atom. The molecule has 6 heteroatoms. The van der Waals surface area contributed by atoms with Crippen molar-refractivity contribution in [2.45, 2.75) is 17.5 Å². The highest BCUT2D eigenvalue weighted by Gasteiger charge is 2.17. The number of halogens is 1. The fourth-order valence-electron chi connectivity index (χ4n) is 2.80. The first-order valence-electron chi connectivity index (χ1n) is 8.15. The Kier molecular flexibility index (Phi) is 4.86. The lowest BCUT2D eigenvalue weighted by molar-refractivity contribution is 0.617. The molecule has 4 aromatic rings. The lowest BCUT2D eigenvalue weighted by Gasteiger charge is -2.07. The van der Waals surface area contributed by atoms with Gasteiger partial charge in [0, 0.05) is 33.3 Å². The normalized spacial score (nSPS) is 11.1. The van der Waals surface area contributed by atoms with Crippen molar-refractivity contribution in [2.75, 3.05) is 0 Å². The summed E-state index contributed by atoms with van der Waals surface area (Å²) in [6, 6.07) is 15.1. The highest BCUT2D eigenvalue weighted by molar-refractivity contribution is 7.98. The summed E-state index contributed by atoms with van der Waals surface area (Å²) in [6.07, 6.45) is 1.83. The second kappa shape index (κ2) is 7.43. The maximum absolute atomic E-state index is 13.9. The number of benzene rings is 2. The minimum Gasteiger partial charge on any atom is -0.298 e. The molecule has 0 aliphatic heterocycles. The first-order chi connectivity index (χ1) is 12.8. The molecular formula is C20H16FN3S2. The van der Waals surface area contributed by atoms with E-state index in [1.807, 2.05) is 28.8 Å². The fraction of sp³-hybridized carbons (Fsp3) is 0.100. The van der Waals surface area contributed by atoms with Crippen LogP contribution in [0.1, 0.15) is 5.56 Å². The van der Waals surface area contributed by atoms with E-state index in [2.05, 4.69) is 34.3 Å². The van der Waals surface area contributed by atoms with E-state index in [1.165, 1.54) is 27.9 Å². The molecule has 26 heavy (non-hydrogen) atoms. The largest absolute Gasteiger partial charge is 0.298 e. The molecule has 0 aliphatic rings. The van der Waals surface area contributed by atoms with Gasteiger partial charge in [0.1, 0.15) is 5.82 Å². The van der Waals surface area contributed by atoms with Gasteiger partial charge in [-0.2, -0.15) is 0 Å². The highest BCUT2D eigenvalue weighted by atomic mass is 32.2. The molecule has 0 atom stereocenters. The predicted molar refractivity (Wildman–Crippen MR) is 107 cm³/mol. The Balaban J connectivity index is 1.69. The van der Waals surface area contributed by atoms with Crippen molar-refractivity contribution in [3.05, 3.63) is 77.9 Å². The van der Waals surface area contributed by atoms with Gasteiger partial charge in [0.2, 0.25) is 0 Å². The van der Waals surface area contributed by atoms with E-state index in [4.69, 9.17) is 0 Å². The van der Waals surface area contributed by atoms with Gasteiger partial charge in [0.05, 0.1) is 0 Å². The van der Waals surface area contributed by atoms with Gasteiger partial charge in [-0.3, -0.25) is 4.57 Å². The smallest absolute Gasteiger partial charge is 0.192 e. The number of thiophene rings is 1. The van der Waals surface area contributed by atoms with Crippen LogP contribution in [0.15, 0.2) is 71.7 Å². The number of nitrogens with zero attached hydrogens (tertiary/aromatic N) is 3.